The topological polar surface area (TPSA) is 42.4 Å². The van der Waals surface area contributed by atoms with Crippen LogP contribution in [0.4, 0.5) is 0 Å². The van der Waals surface area contributed by atoms with Crippen molar-refractivity contribution in [3.8, 4) is 28.8 Å². The zero-order valence-electron chi connectivity index (χ0n) is 13.5. The molecule has 1 unspecified atom stereocenters. The summed E-state index contributed by atoms with van der Waals surface area (Å²) in [6, 6.07) is 11.5. The molecule has 0 bridgehead atoms. The fourth-order valence-electron chi connectivity index (χ4n) is 2.62. The van der Waals surface area contributed by atoms with E-state index in [0.29, 0.717) is 4.60 Å². The highest BCUT2D eigenvalue weighted by atomic mass is 79.9. The lowest BCUT2D eigenvalue weighted by Crippen LogP contribution is -2.21. The van der Waals surface area contributed by atoms with Crippen LogP contribution in [0.2, 0.25) is 0 Å². The number of benzene rings is 1. The Morgan fingerprint density at radius 1 is 1.33 bits per heavy atom. The van der Waals surface area contributed by atoms with E-state index in [1.807, 2.05) is 43.4 Å². The molecule has 0 radical (unpaired) electrons. The third-order valence-electron chi connectivity index (χ3n) is 3.98. The number of nitrogens with zero attached hydrogens (tertiary/aromatic N) is 2. The van der Waals surface area contributed by atoms with Gasteiger partial charge in [-0.3, -0.25) is 4.79 Å². The van der Waals surface area contributed by atoms with Gasteiger partial charge in [-0.05, 0) is 34.5 Å². The van der Waals surface area contributed by atoms with Gasteiger partial charge in [0.05, 0.1) is 12.8 Å². The Hall–Kier alpha value is -2.32. The van der Waals surface area contributed by atoms with E-state index in [0.717, 1.165) is 35.5 Å². The number of carbonyl (C=O) groups excluding carboxylic acids is 1. The van der Waals surface area contributed by atoms with Gasteiger partial charge in [0.15, 0.2) is 0 Å². The van der Waals surface area contributed by atoms with Gasteiger partial charge in [-0.15, -0.1) is 0 Å². The van der Waals surface area contributed by atoms with Crippen LogP contribution < -0.4 is 4.74 Å². The molecule has 1 aromatic carbocycles. The molecule has 3 rings (SSSR count). The predicted octanol–water partition coefficient (Wildman–Crippen LogP) is 3.35. The first-order valence-corrected chi connectivity index (χ1v) is 8.44. The molecule has 24 heavy (non-hydrogen) atoms. The van der Waals surface area contributed by atoms with Gasteiger partial charge in [-0.1, -0.05) is 24.0 Å². The van der Waals surface area contributed by atoms with Crippen LogP contribution in [0.3, 0.4) is 0 Å². The predicted molar refractivity (Wildman–Crippen MR) is 96.5 cm³/mol. The van der Waals surface area contributed by atoms with Crippen LogP contribution in [0.5, 0.6) is 5.75 Å². The Morgan fingerprint density at radius 3 is 2.88 bits per heavy atom. The number of likely N-dealkylation sites (tertiary alicyclic amines) is 1. The Morgan fingerprint density at radius 2 is 2.17 bits per heavy atom. The summed E-state index contributed by atoms with van der Waals surface area (Å²) in [4.78, 5) is 18.1. The minimum Gasteiger partial charge on any atom is -0.497 e. The maximum Gasteiger partial charge on any atom is 0.237 e. The SMILES string of the molecule is COc1cc(Br)nc(-c2cccc(C#CC3CCN(C)C3=O)c2)c1. The number of carbonyl (C=O) groups is 1. The number of methoxy groups -OCH3 is 1. The highest BCUT2D eigenvalue weighted by Gasteiger charge is 2.27. The molecule has 5 heteroatoms. The van der Waals surface area contributed by atoms with Gasteiger partial charge in [0, 0.05) is 36.9 Å². The van der Waals surface area contributed by atoms with Gasteiger partial charge in [0.1, 0.15) is 16.3 Å². The van der Waals surface area contributed by atoms with Gasteiger partial charge >= 0.3 is 0 Å². The van der Waals surface area contributed by atoms with Crippen molar-refractivity contribution >= 4 is 21.8 Å². The number of pyridine rings is 1. The maximum absolute atomic E-state index is 11.9. The summed E-state index contributed by atoms with van der Waals surface area (Å²) < 4.78 is 6.00. The molecule has 1 aliphatic heterocycles. The van der Waals surface area contributed by atoms with Crippen LogP contribution in [0.15, 0.2) is 41.0 Å². The molecule has 0 aliphatic carbocycles. The number of hydrogen-bond donors (Lipinski definition) is 0. The summed E-state index contributed by atoms with van der Waals surface area (Å²) in [5.74, 6) is 6.87. The second-order valence-electron chi connectivity index (χ2n) is 5.67. The summed E-state index contributed by atoms with van der Waals surface area (Å²) >= 11 is 3.40. The number of ether oxygens (including phenoxy) is 1. The number of hydrogen-bond acceptors (Lipinski definition) is 3. The average molecular weight is 385 g/mol. The van der Waals surface area contributed by atoms with Gasteiger partial charge in [-0.25, -0.2) is 4.98 Å². The Bertz CT molecular complexity index is 839. The van der Waals surface area contributed by atoms with Gasteiger partial charge in [0.25, 0.3) is 0 Å². The van der Waals surface area contributed by atoms with Crippen molar-refractivity contribution in [3.05, 3.63) is 46.6 Å². The molecule has 1 amide bonds. The zero-order valence-corrected chi connectivity index (χ0v) is 15.1. The Kier molecular flexibility index (Phi) is 4.86. The largest absolute Gasteiger partial charge is 0.497 e. The highest BCUT2D eigenvalue weighted by Crippen LogP contribution is 2.26. The summed E-state index contributed by atoms with van der Waals surface area (Å²) in [6.45, 7) is 0.778. The maximum atomic E-state index is 11.9. The van der Waals surface area contributed by atoms with Gasteiger partial charge in [0.2, 0.25) is 5.91 Å². The zero-order chi connectivity index (χ0) is 17.1. The first kappa shape index (κ1) is 16.5. The highest BCUT2D eigenvalue weighted by molar-refractivity contribution is 9.10. The number of rotatable bonds is 2. The van der Waals surface area contributed by atoms with E-state index in [1.54, 1.807) is 12.0 Å². The quantitative estimate of drug-likeness (QED) is 0.588. The van der Waals surface area contributed by atoms with Crippen LogP contribution in [-0.4, -0.2) is 36.5 Å². The van der Waals surface area contributed by atoms with Crippen molar-refractivity contribution < 1.29 is 9.53 Å². The molecular formula is C19H17BrN2O2. The first-order valence-electron chi connectivity index (χ1n) is 7.65. The van der Waals surface area contributed by atoms with Crippen molar-refractivity contribution in [2.75, 3.05) is 20.7 Å². The van der Waals surface area contributed by atoms with Crippen LogP contribution in [0.1, 0.15) is 12.0 Å². The van der Waals surface area contributed by atoms with E-state index >= 15 is 0 Å². The molecule has 1 fully saturated rings. The van der Waals surface area contributed by atoms with E-state index in [9.17, 15) is 4.79 Å². The third kappa shape index (κ3) is 3.60. The number of amides is 1. The summed E-state index contributed by atoms with van der Waals surface area (Å²) in [6.07, 6.45) is 0.798. The molecule has 1 aromatic heterocycles. The molecule has 4 nitrogen and oxygen atoms in total. The summed E-state index contributed by atoms with van der Waals surface area (Å²) in [5, 5.41) is 0. The van der Waals surface area contributed by atoms with Gasteiger partial charge in [-0.2, -0.15) is 0 Å². The molecule has 0 spiro atoms. The van der Waals surface area contributed by atoms with E-state index in [4.69, 9.17) is 4.74 Å². The van der Waals surface area contributed by atoms with Crippen LogP contribution in [0, 0.1) is 17.8 Å². The molecule has 2 aromatic rings. The lowest BCUT2D eigenvalue weighted by Gasteiger charge is -2.06. The fourth-order valence-corrected chi connectivity index (χ4v) is 3.04. The second-order valence-corrected chi connectivity index (χ2v) is 6.48. The monoisotopic (exact) mass is 384 g/mol. The molecule has 0 N–H and O–H groups in total. The molecule has 2 heterocycles. The van der Waals surface area contributed by atoms with E-state index in [-0.39, 0.29) is 11.8 Å². The summed E-state index contributed by atoms with van der Waals surface area (Å²) in [7, 11) is 3.44. The number of aromatic nitrogens is 1. The molecule has 1 saturated heterocycles. The minimum absolute atomic E-state index is 0.108. The first-order chi connectivity index (χ1) is 11.6. The lowest BCUT2D eigenvalue weighted by atomic mass is 10.1. The van der Waals surface area contributed by atoms with Crippen molar-refractivity contribution in [2.24, 2.45) is 5.92 Å². The second kappa shape index (κ2) is 7.06. The van der Waals surface area contributed by atoms with Crippen molar-refractivity contribution in [1.29, 1.82) is 0 Å². The molecule has 1 atom stereocenters. The van der Waals surface area contributed by atoms with Crippen LogP contribution in [0.25, 0.3) is 11.3 Å². The molecule has 122 valence electrons. The average Bonchev–Trinajstić information content (AvgIpc) is 2.91. The Labute approximate surface area is 150 Å². The normalized spacial score (nSPS) is 16.7. The van der Waals surface area contributed by atoms with Crippen molar-refractivity contribution in [1.82, 2.24) is 9.88 Å². The smallest absolute Gasteiger partial charge is 0.237 e. The van der Waals surface area contributed by atoms with Crippen molar-refractivity contribution in [3.63, 3.8) is 0 Å². The van der Waals surface area contributed by atoms with E-state index in [1.165, 1.54) is 0 Å². The minimum atomic E-state index is -0.192. The van der Waals surface area contributed by atoms with Crippen molar-refractivity contribution in [2.45, 2.75) is 6.42 Å². The summed E-state index contributed by atoms with van der Waals surface area (Å²) in [5.41, 5.74) is 2.63. The Balaban J connectivity index is 1.88. The molecular weight excluding hydrogens is 368 g/mol. The van der Waals surface area contributed by atoms with Crippen LogP contribution >= 0.6 is 15.9 Å². The van der Waals surface area contributed by atoms with Crippen LogP contribution in [-0.2, 0) is 4.79 Å². The lowest BCUT2D eigenvalue weighted by molar-refractivity contribution is -0.128. The molecule has 1 aliphatic rings. The van der Waals surface area contributed by atoms with Gasteiger partial charge < -0.3 is 9.64 Å². The standard InChI is InChI=1S/C19H17BrN2O2/c1-22-9-8-14(19(22)23)7-6-13-4-3-5-15(10-13)17-11-16(24-2)12-18(20)21-17/h3-5,10-12,14H,8-9H2,1-2H3. The van der Waals surface area contributed by atoms with E-state index < -0.39 is 0 Å². The fraction of sp³-hybridized carbons (Fsp3) is 0.263. The molecule has 0 saturated carbocycles. The van der Waals surface area contributed by atoms with E-state index in [2.05, 4.69) is 32.8 Å². The number of halogens is 1. The third-order valence-corrected chi connectivity index (χ3v) is 4.39.